The van der Waals surface area contributed by atoms with Crippen LogP contribution in [0.25, 0.3) is 0 Å². The Labute approximate surface area is 213 Å². The summed E-state index contributed by atoms with van der Waals surface area (Å²) < 4.78 is 16.9. The summed E-state index contributed by atoms with van der Waals surface area (Å²) in [6, 6.07) is 18.9. The third-order valence-electron chi connectivity index (χ3n) is 5.35. The Hall–Kier alpha value is -3.66. The van der Waals surface area contributed by atoms with Crippen molar-refractivity contribution in [1.82, 2.24) is 0 Å². The molecule has 1 aliphatic rings. The van der Waals surface area contributed by atoms with Crippen LogP contribution in [0.3, 0.4) is 0 Å². The summed E-state index contributed by atoms with van der Waals surface area (Å²) >= 11 is 12.3. The Morgan fingerprint density at radius 2 is 1.77 bits per heavy atom. The molecule has 1 heterocycles. The second-order valence-electron chi connectivity index (χ2n) is 8.42. The van der Waals surface area contributed by atoms with Crippen LogP contribution in [0.5, 0.6) is 17.2 Å². The predicted molar refractivity (Wildman–Crippen MR) is 134 cm³/mol. The normalized spacial score (nSPS) is 14.7. The van der Waals surface area contributed by atoms with Gasteiger partial charge in [0.05, 0.1) is 28.1 Å². The first kappa shape index (κ1) is 24.5. The van der Waals surface area contributed by atoms with E-state index in [-0.39, 0.29) is 17.2 Å². The van der Waals surface area contributed by atoms with Crippen molar-refractivity contribution in [3.63, 3.8) is 0 Å². The van der Waals surface area contributed by atoms with Crippen molar-refractivity contribution in [2.24, 2.45) is 11.7 Å². The fourth-order valence-electron chi connectivity index (χ4n) is 3.65. The van der Waals surface area contributed by atoms with E-state index in [9.17, 15) is 10.1 Å². The van der Waals surface area contributed by atoms with Gasteiger partial charge >= 0.3 is 5.97 Å². The number of nitrogens with two attached hydrogens (primary N) is 1. The van der Waals surface area contributed by atoms with Gasteiger partial charge in [0.15, 0.2) is 0 Å². The second kappa shape index (κ2) is 10.3. The molecule has 1 aliphatic heterocycles. The summed E-state index contributed by atoms with van der Waals surface area (Å²) in [6.07, 6.45) is 0. The summed E-state index contributed by atoms with van der Waals surface area (Å²) in [5.74, 6) is 0.656. The highest BCUT2D eigenvalue weighted by Gasteiger charge is 2.31. The van der Waals surface area contributed by atoms with Crippen LogP contribution in [-0.2, 0) is 0 Å². The average molecular weight is 509 g/mol. The van der Waals surface area contributed by atoms with Gasteiger partial charge in [-0.25, -0.2) is 4.79 Å². The number of ether oxygens (including phenoxy) is 3. The molecule has 1 atom stereocenters. The van der Waals surface area contributed by atoms with Crippen LogP contribution in [0.4, 0.5) is 0 Å². The standard InChI is InChI=1S/C27H22Cl2N2O4/c1-15(2)14-33-18-6-3-16(4-7-18)27(32)34-19-8-9-20-24(12-19)35-26(31)21(13-30)25(20)17-5-10-22(28)23(29)11-17/h3-12,15,25H,14,31H2,1-2H3. The van der Waals surface area contributed by atoms with Crippen molar-refractivity contribution in [3.8, 4) is 23.3 Å². The number of nitriles is 1. The van der Waals surface area contributed by atoms with Crippen LogP contribution in [0, 0.1) is 17.2 Å². The molecule has 178 valence electrons. The van der Waals surface area contributed by atoms with Gasteiger partial charge in [-0.05, 0) is 53.9 Å². The molecule has 0 spiro atoms. The first-order chi connectivity index (χ1) is 16.8. The molecule has 3 aromatic rings. The fourth-order valence-corrected chi connectivity index (χ4v) is 3.96. The highest BCUT2D eigenvalue weighted by atomic mass is 35.5. The largest absolute Gasteiger partial charge is 0.493 e. The highest BCUT2D eigenvalue weighted by Crippen LogP contribution is 2.44. The molecule has 0 aliphatic carbocycles. The van der Waals surface area contributed by atoms with E-state index in [0.29, 0.717) is 45.2 Å². The number of carbonyl (C=O) groups is 1. The lowest BCUT2D eigenvalue weighted by molar-refractivity contribution is 0.0734. The molecule has 0 saturated heterocycles. The molecule has 0 bridgehead atoms. The zero-order valence-corrected chi connectivity index (χ0v) is 20.6. The Balaban J connectivity index is 1.58. The topological polar surface area (TPSA) is 94.6 Å². The first-order valence-corrected chi connectivity index (χ1v) is 11.6. The smallest absolute Gasteiger partial charge is 0.343 e. The van der Waals surface area contributed by atoms with Gasteiger partial charge in [0.1, 0.15) is 28.9 Å². The number of fused-ring (bicyclic) bond motifs is 1. The molecule has 0 amide bonds. The van der Waals surface area contributed by atoms with Crippen molar-refractivity contribution in [1.29, 1.82) is 5.26 Å². The van der Waals surface area contributed by atoms with Crippen molar-refractivity contribution in [2.75, 3.05) is 6.61 Å². The van der Waals surface area contributed by atoms with E-state index in [1.165, 1.54) is 0 Å². The Morgan fingerprint density at radius 1 is 1.06 bits per heavy atom. The van der Waals surface area contributed by atoms with E-state index >= 15 is 0 Å². The number of hydrogen-bond donors (Lipinski definition) is 1. The lowest BCUT2D eigenvalue weighted by Gasteiger charge is -2.27. The summed E-state index contributed by atoms with van der Waals surface area (Å²) in [6.45, 7) is 4.71. The maximum Gasteiger partial charge on any atom is 0.343 e. The quantitative estimate of drug-likeness (QED) is 0.303. The van der Waals surface area contributed by atoms with Crippen molar-refractivity contribution >= 4 is 29.2 Å². The minimum atomic E-state index is -0.529. The van der Waals surface area contributed by atoms with Crippen LogP contribution in [-0.4, -0.2) is 12.6 Å². The molecule has 0 fully saturated rings. The summed E-state index contributed by atoms with van der Waals surface area (Å²) in [5.41, 5.74) is 8.09. The molecular weight excluding hydrogens is 487 g/mol. The molecule has 35 heavy (non-hydrogen) atoms. The van der Waals surface area contributed by atoms with E-state index in [0.717, 1.165) is 5.56 Å². The molecule has 0 saturated carbocycles. The number of carbonyl (C=O) groups excluding carboxylic acids is 1. The van der Waals surface area contributed by atoms with Crippen LogP contribution in [0.2, 0.25) is 10.0 Å². The van der Waals surface area contributed by atoms with Gasteiger partial charge in [-0.1, -0.05) is 49.2 Å². The molecule has 3 aromatic carbocycles. The van der Waals surface area contributed by atoms with Crippen LogP contribution in [0.15, 0.2) is 72.1 Å². The van der Waals surface area contributed by atoms with Gasteiger partial charge < -0.3 is 19.9 Å². The number of rotatable bonds is 6. The average Bonchev–Trinajstić information content (AvgIpc) is 2.83. The Kier molecular flexibility index (Phi) is 7.20. The van der Waals surface area contributed by atoms with Gasteiger partial charge in [0.25, 0.3) is 0 Å². The number of allylic oxidation sites excluding steroid dienone is 1. The summed E-state index contributed by atoms with van der Waals surface area (Å²) in [7, 11) is 0. The lowest BCUT2D eigenvalue weighted by Crippen LogP contribution is -2.21. The molecule has 6 nitrogen and oxygen atoms in total. The summed E-state index contributed by atoms with van der Waals surface area (Å²) in [5, 5.41) is 10.5. The SMILES string of the molecule is CC(C)COc1ccc(C(=O)Oc2ccc3c(c2)OC(N)=C(C#N)C3c2ccc(Cl)c(Cl)c2)cc1. The zero-order valence-electron chi connectivity index (χ0n) is 19.0. The third kappa shape index (κ3) is 5.37. The Bertz CT molecular complexity index is 1340. The van der Waals surface area contributed by atoms with E-state index in [1.807, 2.05) is 0 Å². The van der Waals surface area contributed by atoms with Gasteiger partial charge in [-0.3, -0.25) is 0 Å². The van der Waals surface area contributed by atoms with Crippen molar-refractivity contribution in [2.45, 2.75) is 19.8 Å². The first-order valence-electron chi connectivity index (χ1n) is 10.9. The van der Waals surface area contributed by atoms with Crippen molar-refractivity contribution < 1.29 is 19.0 Å². The van der Waals surface area contributed by atoms with Gasteiger partial charge in [-0.15, -0.1) is 0 Å². The predicted octanol–water partition coefficient (Wildman–Crippen LogP) is 6.47. The van der Waals surface area contributed by atoms with E-state index in [1.54, 1.807) is 60.7 Å². The molecule has 0 radical (unpaired) electrons. The van der Waals surface area contributed by atoms with Gasteiger partial charge in [0.2, 0.25) is 5.88 Å². The second-order valence-corrected chi connectivity index (χ2v) is 9.23. The number of hydrogen-bond acceptors (Lipinski definition) is 6. The highest BCUT2D eigenvalue weighted by molar-refractivity contribution is 6.42. The molecule has 4 rings (SSSR count). The fraction of sp³-hybridized carbons (Fsp3) is 0.185. The minimum absolute atomic E-state index is 0.0310. The number of halogens is 2. The van der Waals surface area contributed by atoms with E-state index < -0.39 is 11.9 Å². The van der Waals surface area contributed by atoms with E-state index in [4.69, 9.17) is 43.1 Å². The monoisotopic (exact) mass is 508 g/mol. The zero-order chi connectivity index (χ0) is 25.1. The molecule has 1 unspecified atom stereocenters. The maximum absolute atomic E-state index is 12.7. The molecule has 2 N–H and O–H groups in total. The maximum atomic E-state index is 12.7. The van der Waals surface area contributed by atoms with E-state index in [2.05, 4.69) is 19.9 Å². The minimum Gasteiger partial charge on any atom is -0.493 e. The summed E-state index contributed by atoms with van der Waals surface area (Å²) in [4.78, 5) is 12.7. The Morgan fingerprint density at radius 3 is 2.43 bits per heavy atom. The van der Waals surface area contributed by atoms with Gasteiger partial charge in [-0.2, -0.15) is 5.26 Å². The van der Waals surface area contributed by atoms with Crippen molar-refractivity contribution in [3.05, 3.63) is 98.9 Å². The van der Waals surface area contributed by atoms with Crippen LogP contribution in [0.1, 0.15) is 41.3 Å². The number of nitrogens with zero attached hydrogens (tertiary/aromatic N) is 1. The van der Waals surface area contributed by atoms with Gasteiger partial charge in [0, 0.05) is 11.6 Å². The molecule has 0 aromatic heterocycles. The van der Waals surface area contributed by atoms with Crippen LogP contribution >= 0.6 is 23.2 Å². The third-order valence-corrected chi connectivity index (χ3v) is 6.09. The number of esters is 1. The molecule has 8 heteroatoms. The molecular formula is C27H22Cl2N2O4. The van der Waals surface area contributed by atoms with Crippen LogP contribution < -0.4 is 19.9 Å². The number of benzene rings is 3. The lowest BCUT2D eigenvalue weighted by atomic mass is 9.83.